The van der Waals surface area contributed by atoms with Crippen molar-refractivity contribution < 1.29 is 19.7 Å². The van der Waals surface area contributed by atoms with Crippen LogP contribution in [0.4, 0.5) is 0 Å². The summed E-state index contributed by atoms with van der Waals surface area (Å²) < 4.78 is 5.97. The summed E-state index contributed by atoms with van der Waals surface area (Å²) in [6.45, 7) is 8.46. The fourth-order valence-corrected chi connectivity index (χ4v) is 3.72. The summed E-state index contributed by atoms with van der Waals surface area (Å²) >= 11 is 0. The number of aliphatic hydroxyl groups excluding tert-OH is 2. The molecule has 1 amide bonds. The van der Waals surface area contributed by atoms with Gasteiger partial charge in [0.1, 0.15) is 18.0 Å². The third-order valence-electron chi connectivity index (χ3n) is 4.07. The van der Waals surface area contributed by atoms with Gasteiger partial charge in [-0.2, -0.15) is 0 Å². The van der Waals surface area contributed by atoms with Gasteiger partial charge < -0.3 is 25.2 Å². The van der Waals surface area contributed by atoms with Crippen LogP contribution in [0.5, 0.6) is 0 Å². The van der Waals surface area contributed by atoms with Gasteiger partial charge in [-0.15, -0.1) is 13.2 Å². The first-order chi connectivity index (χ1) is 10.0. The van der Waals surface area contributed by atoms with E-state index in [0.717, 1.165) is 6.16 Å². The fraction of sp³-hybridized carbons (Fsp3) is 0.600. The number of hydrogen-bond donors (Lipinski definition) is 3. The number of rotatable bonds is 4. The van der Waals surface area contributed by atoms with E-state index in [2.05, 4.69) is 31.5 Å². The second-order valence-corrected chi connectivity index (χ2v) is 11.0. The molecule has 1 saturated heterocycles. The molecular weight excluding hydrogens is 303 g/mol. The van der Waals surface area contributed by atoms with E-state index in [-0.39, 0.29) is 5.91 Å². The monoisotopic (exact) mass is 328 g/mol. The molecule has 6 nitrogen and oxygen atoms in total. The summed E-state index contributed by atoms with van der Waals surface area (Å²) in [4.78, 5) is 12.9. The topological polar surface area (TPSA) is 82.0 Å². The lowest BCUT2D eigenvalue weighted by Crippen LogP contribution is -2.55. The van der Waals surface area contributed by atoms with Gasteiger partial charge in [0.05, 0.1) is 6.10 Å². The maximum absolute atomic E-state index is 11.3. The van der Waals surface area contributed by atoms with Crippen molar-refractivity contribution in [2.45, 2.75) is 37.4 Å². The lowest BCUT2D eigenvalue weighted by atomic mass is 10.0. The fourth-order valence-electron chi connectivity index (χ4n) is 2.76. The first-order valence-corrected chi connectivity index (χ1v) is 10.3. The van der Waals surface area contributed by atoms with Gasteiger partial charge in [-0.3, -0.25) is 4.79 Å². The normalized spacial score (nSPS) is 35.9. The summed E-state index contributed by atoms with van der Waals surface area (Å²) in [6, 6.07) is 0. The minimum atomic E-state index is -1.23. The minimum absolute atomic E-state index is 0.280. The average molecular weight is 328 g/mol. The Labute approximate surface area is 131 Å². The molecule has 0 aromatic rings. The van der Waals surface area contributed by atoms with E-state index >= 15 is 0 Å². The van der Waals surface area contributed by atoms with Gasteiger partial charge in [-0.05, 0) is 32.8 Å². The van der Waals surface area contributed by atoms with Crippen LogP contribution in [0.2, 0.25) is 0 Å². The van der Waals surface area contributed by atoms with Gasteiger partial charge in [0.2, 0.25) is 0 Å². The molecule has 0 bridgehead atoms. The van der Waals surface area contributed by atoms with Crippen molar-refractivity contribution in [2.24, 2.45) is 0 Å². The first-order valence-electron chi connectivity index (χ1n) is 7.23. The Morgan fingerprint density at radius 1 is 1.50 bits per heavy atom. The minimum Gasteiger partial charge on any atom is -0.388 e. The molecule has 0 saturated carbocycles. The van der Waals surface area contributed by atoms with Crippen LogP contribution in [-0.2, 0) is 9.53 Å². The molecule has 1 fully saturated rings. The molecule has 0 radical (unpaired) electrons. The molecular formula is C15H25N2O4P. The molecule has 4 atom stereocenters. The van der Waals surface area contributed by atoms with Crippen LogP contribution >= 0.6 is 6.89 Å². The van der Waals surface area contributed by atoms with E-state index in [9.17, 15) is 15.0 Å². The van der Waals surface area contributed by atoms with Crippen LogP contribution in [0, 0.1) is 0 Å². The van der Waals surface area contributed by atoms with Crippen molar-refractivity contribution in [1.82, 2.24) is 10.2 Å². The van der Waals surface area contributed by atoms with E-state index in [1.54, 1.807) is 11.8 Å². The zero-order valence-corrected chi connectivity index (χ0v) is 14.2. The second-order valence-electron chi connectivity index (χ2n) is 6.72. The van der Waals surface area contributed by atoms with Crippen molar-refractivity contribution in [2.75, 3.05) is 19.5 Å². The maximum Gasteiger partial charge on any atom is 0.250 e. The molecule has 0 unspecified atom stereocenters. The number of ether oxygens (including phenoxy) is 1. The van der Waals surface area contributed by atoms with Gasteiger partial charge in [-0.1, -0.05) is 6.58 Å². The molecule has 2 rings (SSSR count). The zero-order valence-electron chi connectivity index (χ0n) is 13.3. The molecule has 0 aromatic carbocycles. The van der Waals surface area contributed by atoms with Crippen molar-refractivity contribution in [3.63, 3.8) is 0 Å². The zero-order chi connectivity index (χ0) is 16.7. The van der Waals surface area contributed by atoms with E-state index in [0.29, 0.717) is 12.2 Å². The van der Waals surface area contributed by atoms with Crippen molar-refractivity contribution in [3.8, 4) is 0 Å². The van der Waals surface area contributed by atoms with Gasteiger partial charge in [-0.25, -0.2) is 0 Å². The summed E-state index contributed by atoms with van der Waals surface area (Å²) in [5, 5.41) is 23.3. The molecule has 2 heterocycles. The number of aliphatic hydroxyl groups is 2. The van der Waals surface area contributed by atoms with Crippen LogP contribution in [0.15, 0.2) is 24.7 Å². The number of carbonyl (C=O) groups excluding carboxylic acids is 1. The molecule has 3 N–H and O–H groups in total. The van der Waals surface area contributed by atoms with E-state index in [1.165, 1.54) is 12.3 Å². The quantitative estimate of drug-likeness (QED) is 0.648. The van der Waals surface area contributed by atoms with Crippen molar-refractivity contribution in [3.05, 3.63) is 24.7 Å². The first kappa shape index (κ1) is 17.3. The third-order valence-corrected chi connectivity index (χ3v) is 5.54. The summed E-state index contributed by atoms with van der Waals surface area (Å²) in [5.41, 5.74) is -1.17. The molecule has 7 heteroatoms. The SMILES string of the molecule is C=C1NC(=O)C=CN1[C@@]1(C)O[C@H](CCP(=C)(C)C)[C@@H](O)[C@H]1O. The van der Waals surface area contributed by atoms with E-state index in [4.69, 9.17) is 4.74 Å². The molecule has 0 aliphatic carbocycles. The van der Waals surface area contributed by atoms with Crippen LogP contribution < -0.4 is 5.32 Å². The molecule has 2 aliphatic heterocycles. The molecule has 0 spiro atoms. The number of carbonyl (C=O) groups is 1. The highest BCUT2D eigenvalue weighted by Gasteiger charge is 2.54. The summed E-state index contributed by atoms with van der Waals surface area (Å²) in [5.74, 6) is 0.0323. The van der Waals surface area contributed by atoms with Crippen LogP contribution in [0.25, 0.3) is 0 Å². The van der Waals surface area contributed by atoms with E-state index in [1.807, 2.05) is 0 Å². The Bertz CT molecular complexity index is 556. The Balaban J connectivity index is 2.17. The average Bonchev–Trinajstić information content (AvgIpc) is 2.61. The summed E-state index contributed by atoms with van der Waals surface area (Å²) in [7, 11) is 0. The van der Waals surface area contributed by atoms with Gasteiger partial charge in [0, 0.05) is 12.3 Å². The predicted molar refractivity (Wildman–Crippen MR) is 88.9 cm³/mol. The number of nitrogens with zero attached hydrogens (tertiary/aromatic N) is 1. The smallest absolute Gasteiger partial charge is 0.250 e. The van der Waals surface area contributed by atoms with Gasteiger partial charge >= 0.3 is 0 Å². The number of nitrogens with one attached hydrogen (secondary N) is 1. The number of amides is 1. The Hall–Kier alpha value is -1.07. The highest BCUT2D eigenvalue weighted by atomic mass is 31.2. The van der Waals surface area contributed by atoms with Gasteiger partial charge in [0.25, 0.3) is 5.91 Å². The largest absolute Gasteiger partial charge is 0.388 e. The predicted octanol–water partition coefficient (Wildman–Crippen LogP) is 0.339. The molecule has 124 valence electrons. The van der Waals surface area contributed by atoms with Crippen molar-refractivity contribution in [1.29, 1.82) is 0 Å². The standard InChI is InChI=1S/C15H25N2O4P/c1-10-16-12(18)6-8-17(10)15(2)14(20)13(19)11(21-15)7-9-22(3,4)5/h6,8,11,13-14,19-20H,1,3,7,9H2,2,4-5H3,(H,16,18)/t11-,13-,14-,15+/m1/s1. The lowest BCUT2D eigenvalue weighted by molar-refractivity contribution is -0.147. The van der Waals surface area contributed by atoms with Crippen LogP contribution in [-0.4, -0.2) is 70.8 Å². The maximum atomic E-state index is 11.3. The van der Waals surface area contributed by atoms with Gasteiger partial charge in [0.15, 0.2) is 5.72 Å². The second kappa shape index (κ2) is 5.85. The highest BCUT2D eigenvalue weighted by molar-refractivity contribution is 7.72. The Morgan fingerprint density at radius 3 is 2.68 bits per heavy atom. The van der Waals surface area contributed by atoms with E-state index < -0.39 is 30.9 Å². The Morgan fingerprint density at radius 2 is 2.14 bits per heavy atom. The number of hydrogen-bond acceptors (Lipinski definition) is 5. The highest BCUT2D eigenvalue weighted by Crippen LogP contribution is 2.41. The molecule has 2 aliphatic rings. The molecule has 0 aromatic heterocycles. The Kier molecular flexibility index (Phi) is 4.60. The third kappa shape index (κ3) is 3.30. The lowest BCUT2D eigenvalue weighted by Gasteiger charge is -2.41. The van der Waals surface area contributed by atoms with Crippen LogP contribution in [0.3, 0.4) is 0 Å². The van der Waals surface area contributed by atoms with Crippen LogP contribution in [0.1, 0.15) is 13.3 Å². The summed E-state index contributed by atoms with van der Waals surface area (Å²) in [6.07, 6.45) is 5.92. The molecule has 22 heavy (non-hydrogen) atoms. The van der Waals surface area contributed by atoms with Crippen molar-refractivity contribution >= 4 is 19.1 Å².